The van der Waals surface area contributed by atoms with Crippen molar-refractivity contribution in [2.45, 2.75) is 6.92 Å². The van der Waals surface area contributed by atoms with Crippen LogP contribution in [0.5, 0.6) is 0 Å². The molecule has 0 saturated heterocycles. The number of pyridine rings is 1. The molecule has 6 aromatic carbocycles. The number of aryl methyl sites for hydroxylation is 1. The Morgan fingerprint density at radius 3 is 1.46 bits per heavy atom. The average molecular weight is 641 g/mol. The highest BCUT2D eigenvalue weighted by Crippen LogP contribution is 2.41. The Hall–Kier alpha value is -6.65. The van der Waals surface area contributed by atoms with Gasteiger partial charge in [0.25, 0.3) is 0 Å². The van der Waals surface area contributed by atoms with E-state index in [1.54, 1.807) is 0 Å². The van der Waals surface area contributed by atoms with Crippen molar-refractivity contribution in [3.05, 3.63) is 181 Å². The molecule has 0 bridgehead atoms. The summed E-state index contributed by atoms with van der Waals surface area (Å²) >= 11 is 0. The molecule has 4 nitrogen and oxygen atoms in total. The van der Waals surface area contributed by atoms with E-state index in [-0.39, 0.29) is 0 Å². The summed E-state index contributed by atoms with van der Waals surface area (Å²) in [6, 6.07) is 61.1. The van der Waals surface area contributed by atoms with Gasteiger partial charge in [-0.3, -0.25) is 0 Å². The zero-order valence-electron chi connectivity index (χ0n) is 27.5. The highest BCUT2D eigenvalue weighted by molar-refractivity contribution is 6.01. The molecule has 0 aliphatic carbocycles. The summed E-state index contributed by atoms with van der Waals surface area (Å²) in [7, 11) is 0. The molecular formula is C46H32N4. The lowest BCUT2D eigenvalue weighted by Crippen LogP contribution is -2.00. The summed E-state index contributed by atoms with van der Waals surface area (Å²) in [6.07, 6.45) is 0. The van der Waals surface area contributed by atoms with Crippen molar-refractivity contribution in [1.82, 2.24) is 19.6 Å². The largest absolute Gasteiger partial charge is 0.232 e. The fourth-order valence-corrected chi connectivity index (χ4v) is 6.98. The van der Waals surface area contributed by atoms with Crippen molar-refractivity contribution >= 4 is 16.3 Å². The van der Waals surface area contributed by atoms with Crippen molar-refractivity contribution in [2.75, 3.05) is 0 Å². The maximum Gasteiger partial charge on any atom is 0.160 e. The van der Waals surface area contributed by atoms with Gasteiger partial charge in [-0.05, 0) is 23.9 Å². The van der Waals surface area contributed by atoms with E-state index in [2.05, 4.69) is 157 Å². The van der Waals surface area contributed by atoms with Crippen LogP contribution >= 0.6 is 0 Å². The standard InChI is InChI=1S/C46H32N4/c1-31-42(49-50-40(32-16-6-2-7-17-32)30-38-24-14-15-25-39(38)45(31)50)36-28-26-33(27-29-36)41-43(34-18-8-3-9-19-34)47-46(37-22-12-5-13-23-37)48-44(41)35-20-10-4-11-21-35/h2-30H,1H3. The molecule has 0 N–H and O–H groups in total. The Labute approximate surface area is 291 Å². The van der Waals surface area contributed by atoms with Crippen LogP contribution in [0, 0.1) is 6.92 Å². The molecule has 0 saturated carbocycles. The Balaban J connectivity index is 1.24. The molecule has 0 aliphatic heterocycles. The lowest BCUT2D eigenvalue weighted by molar-refractivity contribution is 0.979. The number of benzene rings is 6. The topological polar surface area (TPSA) is 43.1 Å². The molecule has 0 atom stereocenters. The smallest absolute Gasteiger partial charge is 0.160 e. The monoisotopic (exact) mass is 640 g/mol. The maximum absolute atomic E-state index is 5.28. The molecule has 3 heterocycles. The van der Waals surface area contributed by atoms with Crippen LogP contribution in [0.3, 0.4) is 0 Å². The summed E-state index contributed by atoms with van der Waals surface area (Å²) in [5, 5.41) is 7.67. The van der Waals surface area contributed by atoms with Gasteiger partial charge >= 0.3 is 0 Å². The van der Waals surface area contributed by atoms with Gasteiger partial charge < -0.3 is 0 Å². The van der Waals surface area contributed by atoms with Crippen LogP contribution in [-0.2, 0) is 0 Å². The Bertz CT molecular complexity index is 2550. The minimum atomic E-state index is 0.699. The molecule has 236 valence electrons. The molecule has 0 amide bonds. The molecule has 0 aliphatic rings. The first-order valence-electron chi connectivity index (χ1n) is 16.9. The van der Waals surface area contributed by atoms with Crippen molar-refractivity contribution in [1.29, 1.82) is 0 Å². The Kier molecular flexibility index (Phi) is 7.33. The molecule has 9 aromatic rings. The molecular weight excluding hydrogens is 609 g/mol. The van der Waals surface area contributed by atoms with Crippen LogP contribution in [0.15, 0.2) is 176 Å². The highest BCUT2D eigenvalue weighted by atomic mass is 15.2. The quantitative estimate of drug-likeness (QED) is 0.182. The number of nitrogens with zero attached hydrogens (tertiary/aromatic N) is 4. The van der Waals surface area contributed by atoms with E-state index in [1.165, 1.54) is 10.8 Å². The third-order valence-electron chi connectivity index (χ3n) is 9.41. The predicted octanol–water partition coefficient (Wildman–Crippen LogP) is 11.6. The summed E-state index contributed by atoms with van der Waals surface area (Å²) in [4.78, 5) is 10.5. The van der Waals surface area contributed by atoms with Crippen molar-refractivity contribution < 1.29 is 0 Å². The molecule has 4 heteroatoms. The first kappa shape index (κ1) is 29.5. The molecule has 0 spiro atoms. The van der Waals surface area contributed by atoms with Gasteiger partial charge in [-0.2, -0.15) is 5.10 Å². The molecule has 0 fully saturated rings. The Morgan fingerprint density at radius 1 is 0.420 bits per heavy atom. The van der Waals surface area contributed by atoms with Gasteiger partial charge in [0, 0.05) is 44.3 Å². The summed E-state index contributed by atoms with van der Waals surface area (Å²) in [5.41, 5.74) is 13.4. The van der Waals surface area contributed by atoms with Crippen LogP contribution in [0.1, 0.15) is 5.56 Å². The first-order valence-corrected chi connectivity index (χ1v) is 16.9. The lowest BCUT2D eigenvalue weighted by Gasteiger charge is -2.17. The van der Waals surface area contributed by atoms with E-state index >= 15 is 0 Å². The van der Waals surface area contributed by atoms with E-state index in [4.69, 9.17) is 15.1 Å². The van der Waals surface area contributed by atoms with Crippen LogP contribution < -0.4 is 0 Å². The van der Waals surface area contributed by atoms with E-state index in [0.717, 1.165) is 72.8 Å². The molecule has 0 unspecified atom stereocenters. The molecule has 50 heavy (non-hydrogen) atoms. The van der Waals surface area contributed by atoms with Crippen LogP contribution in [0.25, 0.3) is 83.8 Å². The fourth-order valence-electron chi connectivity index (χ4n) is 6.98. The number of rotatable bonds is 6. The average Bonchev–Trinajstić information content (AvgIpc) is 3.55. The van der Waals surface area contributed by atoms with Gasteiger partial charge in [0.15, 0.2) is 5.82 Å². The van der Waals surface area contributed by atoms with E-state index < -0.39 is 0 Å². The number of hydrogen-bond acceptors (Lipinski definition) is 3. The minimum Gasteiger partial charge on any atom is -0.232 e. The molecule has 0 radical (unpaired) electrons. The second-order valence-electron chi connectivity index (χ2n) is 12.5. The SMILES string of the molecule is Cc1c(-c2ccc(-c3c(-c4ccccc4)nc(-c4ccccc4)nc3-c3ccccc3)cc2)nn2c(-c3ccccc3)cc3ccccc3c12. The van der Waals surface area contributed by atoms with Crippen LogP contribution in [-0.4, -0.2) is 19.6 Å². The third kappa shape index (κ3) is 5.15. The van der Waals surface area contributed by atoms with Gasteiger partial charge in [-0.15, -0.1) is 0 Å². The van der Waals surface area contributed by atoms with Crippen molar-refractivity contribution in [2.24, 2.45) is 0 Å². The minimum absolute atomic E-state index is 0.699. The normalized spacial score (nSPS) is 11.3. The zero-order chi connectivity index (χ0) is 33.4. The molecule has 9 rings (SSSR count). The summed E-state index contributed by atoms with van der Waals surface area (Å²) < 4.78 is 2.12. The summed E-state index contributed by atoms with van der Waals surface area (Å²) in [6.45, 7) is 2.18. The van der Waals surface area contributed by atoms with Crippen molar-refractivity contribution in [3.63, 3.8) is 0 Å². The lowest BCUT2D eigenvalue weighted by atomic mass is 9.93. The Morgan fingerprint density at radius 2 is 0.880 bits per heavy atom. The molecule has 3 aromatic heterocycles. The second-order valence-corrected chi connectivity index (χ2v) is 12.5. The van der Waals surface area contributed by atoms with Crippen LogP contribution in [0.4, 0.5) is 0 Å². The maximum atomic E-state index is 5.28. The number of hydrogen-bond donors (Lipinski definition) is 0. The predicted molar refractivity (Wildman–Crippen MR) is 206 cm³/mol. The van der Waals surface area contributed by atoms with Gasteiger partial charge in [0.05, 0.1) is 28.3 Å². The zero-order valence-corrected chi connectivity index (χ0v) is 27.5. The van der Waals surface area contributed by atoms with E-state index in [0.29, 0.717) is 5.82 Å². The van der Waals surface area contributed by atoms with Gasteiger partial charge in [-0.25, -0.2) is 14.5 Å². The van der Waals surface area contributed by atoms with Gasteiger partial charge in [0.1, 0.15) is 0 Å². The highest BCUT2D eigenvalue weighted by Gasteiger charge is 2.21. The number of fused-ring (bicyclic) bond motifs is 3. The second kappa shape index (κ2) is 12.4. The van der Waals surface area contributed by atoms with Gasteiger partial charge in [0.2, 0.25) is 0 Å². The first-order chi connectivity index (χ1) is 24.7. The van der Waals surface area contributed by atoms with Crippen LogP contribution in [0.2, 0.25) is 0 Å². The third-order valence-corrected chi connectivity index (χ3v) is 9.41. The number of aromatic nitrogens is 4. The van der Waals surface area contributed by atoms with Gasteiger partial charge in [-0.1, -0.05) is 170 Å². The fraction of sp³-hybridized carbons (Fsp3) is 0.0217. The van der Waals surface area contributed by atoms with E-state index in [9.17, 15) is 0 Å². The van der Waals surface area contributed by atoms with E-state index in [1.807, 2.05) is 30.3 Å². The van der Waals surface area contributed by atoms with Crippen molar-refractivity contribution in [3.8, 4) is 67.5 Å². The summed E-state index contributed by atoms with van der Waals surface area (Å²) in [5.74, 6) is 0.699.